The summed E-state index contributed by atoms with van der Waals surface area (Å²) in [6.45, 7) is 3.90. The van der Waals surface area contributed by atoms with E-state index < -0.39 is 0 Å². The van der Waals surface area contributed by atoms with E-state index in [1.165, 1.54) is 38.9 Å². The van der Waals surface area contributed by atoms with E-state index in [1.807, 2.05) is 18.3 Å². The molecule has 1 aromatic heterocycles. The second-order valence-corrected chi connectivity index (χ2v) is 7.73. The minimum atomic E-state index is 0.372. The fourth-order valence-electron chi connectivity index (χ4n) is 3.27. The smallest absolute Gasteiger partial charge is 0.138 e. The molecule has 0 N–H and O–H groups in total. The second-order valence-electron chi connectivity index (χ2n) is 6.24. The molecule has 3 nitrogen and oxygen atoms in total. The molecule has 3 heterocycles. The standard InChI is InChI=1S/C15H20N2OS/c1-2-13(7-16-5-1)18-14-6-15(19-9-14)10-17(11-15)8-12-3-4-12/h1-2,5,7,12,14H,3-4,6,8-11H2/t14-/m0/s1. The fraction of sp³-hybridized carbons (Fsp3) is 0.667. The van der Waals surface area contributed by atoms with Crippen molar-refractivity contribution < 1.29 is 4.74 Å². The first-order valence-electron chi connectivity index (χ1n) is 7.24. The highest BCUT2D eigenvalue weighted by atomic mass is 32.2. The van der Waals surface area contributed by atoms with Crippen LogP contribution < -0.4 is 4.74 Å². The third kappa shape index (κ3) is 2.61. The van der Waals surface area contributed by atoms with Crippen molar-refractivity contribution in [2.75, 3.05) is 25.4 Å². The Labute approximate surface area is 118 Å². The zero-order valence-corrected chi connectivity index (χ0v) is 11.9. The van der Waals surface area contributed by atoms with Crippen molar-refractivity contribution in [3.05, 3.63) is 24.5 Å². The summed E-state index contributed by atoms with van der Waals surface area (Å²) in [7, 11) is 0. The number of aromatic nitrogens is 1. The third-order valence-electron chi connectivity index (χ3n) is 4.35. The van der Waals surface area contributed by atoms with Crippen molar-refractivity contribution in [1.29, 1.82) is 0 Å². The summed E-state index contributed by atoms with van der Waals surface area (Å²) in [4.78, 5) is 6.74. The number of ether oxygens (including phenoxy) is 1. The van der Waals surface area contributed by atoms with E-state index in [0.29, 0.717) is 10.9 Å². The van der Waals surface area contributed by atoms with Crippen molar-refractivity contribution in [2.45, 2.75) is 30.1 Å². The summed E-state index contributed by atoms with van der Waals surface area (Å²) in [5.41, 5.74) is 0. The lowest BCUT2D eigenvalue weighted by Gasteiger charge is -2.47. The molecule has 0 amide bonds. The van der Waals surface area contributed by atoms with E-state index in [2.05, 4.69) is 21.6 Å². The van der Waals surface area contributed by atoms with Gasteiger partial charge in [0.25, 0.3) is 0 Å². The van der Waals surface area contributed by atoms with Crippen LogP contribution in [0.5, 0.6) is 5.75 Å². The minimum absolute atomic E-state index is 0.372. The quantitative estimate of drug-likeness (QED) is 0.843. The summed E-state index contributed by atoms with van der Waals surface area (Å²) in [5, 5.41) is 0. The van der Waals surface area contributed by atoms with Gasteiger partial charge in [-0.1, -0.05) is 0 Å². The summed E-state index contributed by atoms with van der Waals surface area (Å²) in [6.07, 6.45) is 8.10. The Bertz CT molecular complexity index is 443. The minimum Gasteiger partial charge on any atom is -0.488 e. The molecule has 2 aliphatic heterocycles. The first-order chi connectivity index (χ1) is 9.31. The van der Waals surface area contributed by atoms with Gasteiger partial charge in [-0.2, -0.15) is 0 Å². The molecule has 0 aromatic carbocycles. The van der Waals surface area contributed by atoms with Crippen LogP contribution in [0.15, 0.2) is 24.5 Å². The maximum Gasteiger partial charge on any atom is 0.138 e. The van der Waals surface area contributed by atoms with Crippen LogP contribution in [0.4, 0.5) is 0 Å². The van der Waals surface area contributed by atoms with Crippen molar-refractivity contribution in [3.63, 3.8) is 0 Å². The predicted molar refractivity (Wildman–Crippen MR) is 77.6 cm³/mol. The van der Waals surface area contributed by atoms with Gasteiger partial charge in [-0.3, -0.25) is 4.98 Å². The van der Waals surface area contributed by atoms with E-state index in [9.17, 15) is 0 Å². The molecule has 1 spiro atoms. The fourth-order valence-corrected chi connectivity index (χ4v) is 4.85. The SMILES string of the molecule is c1cncc(O[C@@H]2CSC3(C2)CN(CC2CC2)C3)c1. The van der Waals surface area contributed by atoms with Crippen LogP contribution in [0.1, 0.15) is 19.3 Å². The van der Waals surface area contributed by atoms with Gasteiger partial charge in [-0.05, 0) is 30.9 Å². The van der Waals surface area contributed by atoms with Crippen LogP contribution in [0.25, 0.3) is 0 Å². The van der Waals surface area contributed by atoms with Gasteiger partial charge >= 0.3 is 0 Å². The molecule has 4 heteroatoms. The maximum atomic E-state index is 6.03. The molecule has 102 valence electrons. The first kappa shape index (κ1) is 12.0. The molecular formula is C15H20N2OS. The van der Waals surface area contributed by atoms with Gasteiger partial charge in [-0.15, -0.1) is 11.8 Å². The number of thioether (sulfide) groups is 1. The lowest BCUT2D eigenvalue weighted by molar-refractivity contribution is 0.0941. The van der Waals surface area contributed by atoms with Gasteiger partial charge in [0.2, 0.25) is 0 Å². The molecule has 3 aliphatic rings. The Morgan fingerprint density at radius 1 is 1.42 bits per heavy atom. The highest BCUT2D eigenvalue weighted by molar-refractivity contribution is 8.01. The van der Waals surface area contributed by atoms with Gasteiger partial charge in [0.1, 0.15) is 11.9 Å². The van der Waals surface area contributed by atoms with Crippen LogP contribution in [-0.4, -0.2) is 46.1 Å². The van der Waals surface area contributed by atoms with Gasteiger partial charge in [0, 0.05) is 42.8 Å². The normalized spacial score (nSPS) is 29.4. The number of nitrogens with zero attached hydrogens (tertiary/aromatic N) is 2. The highest BCUT2D eigenvalue weighted by Crippen LogP contribution is 2.47. The second kappa shape index (κ2) is 4.67. The molecule has 0 radical (unpaired) electrons. The van der Waals surface area contributed by atoms with Crippen LogP contribution in [0.2, 0.25) is 0 Å². The number of pyridine rings is 1. The van der Waals surface area contributed by atoms with Crippen molar-refractivity contribution >= 4 is 11.8 Å². The zero-order valence-electron chi connectivity index (χ0n) is 11.1. The Balaban J connectivity index is 1.29. The molecule has 19 heavy (non-hydrogen) atoms. The van der Waals surface area contributed by atoms with Gasteiger partial charge < -0.3 is 9.64 Å². The molecule has 1 atom stereocenters. The van der Waals surface area contributed by atoms with E-state index in [-0.39, 0.29) is 0 Å². The van der Waals surface area contributed by atoms with E-state index in [1.54, 1.807) is 6.20 Å². The molecule has 3 fully saturated rings. The van der Waals surface area contributed by atoms with Crippen LogP contribution in [0.3, 0.4) is 0 Å². The van der Waals surface area contributed by atoms with Crippen LogP contribution >= 0.6 is 11.8 Å². The van der Waals surface area contributed by atoms with E-state index in [0.717, 1.165) is 17.4 Å². The molecule has 1 aliphatic carbocycles. The predicted octanol–water partition coefficient (Wildman–Crippen LogP) is 2.43. The molecule has 1 aromatic rings. The van der Waals surface area contributed by atoms with Crippen LogP contribution in [-0.2, 0) is 0 Å². The number of hydrogen-bond acceptors (Lipinski definition) is 4. The van der Waals surface area contributed by atoms with Crippen molar-refractivity contribution in [1.82, 2.24) is 9.88 Å². The Kier molecular flexibility index (Phi) is 2.96. The summed E-state index contributed by atoms with van der Waals surface area (Å²) in [5.74, 6) is 3.07. The number of rotatable bonds is 4. The van der Waals surface area contributed by atoms with Crippen molar-refractivity contribution in [2.24, 2.45) is 5.92 Å². The Morgan fingerprint density at radius 2 is 2.32 bits per heavy atom. The highest BCUT2D eigenvalue weighted by Gasteiger charge is 2.50. The molecule has 0 unspecified atom stereocenters. The molecule has 4 rings (SSSR count). The lowest BCUT2D eigenvalue weighted by Crippen LogP contribution is -2.59. The molecule has 0 bridgehead atoms. The Morgan fingerprint density at radius 3 is 3.05 bits per heavy atom. The summed E-state index contributed by atoms with van der Waals surface area (Å²) in [6, 6.07) is 3.94. The van der Waals surface area contributed by atoms with Crippen molar-refractivity contribution in [3.8, 4) is 5.75 Å². The van der Waals surface area contributed by atoms with Gasteiger partial charge in [0.05, 0.1) is 6.20 Å². The topological polar surface area (TPSA) is 25.4 Å². The molecular weight excluding hydrogens is 256 g/mol. The average molecular weight is 276 g/mol. The maximum absolute atomic E-state index is 6.03. The first-order valence-corrected chi connectivity index (χ1v) is 8.23. The largest absolute Gasteiger partial charge is 0.488 e. The van der Waals surface area contributed by atoms with Gasteiger partial charge in [-0.25, -0.2) is 0 Å². The lowest BCUT2D eigenvalue weighted by atomic mass is 9.92. The van der Waals surface area contributed by atoms with E-state index >= 15 is 0 Å². The molecule has 1 saturated carbocycles. The van der Waals surface area contributed by atoms with E-state index in [4.69, 9.17) is 4.74 Å². The monoisotopic (exact) mass is 276 g/mol. The number of likely N-dealkylation sites (tertiary alicyclic amines) is 1. The van der Waals surface area contributed by atoms with Gasteiger partial charge in [0.15, 0.2) is 0 Å². The third-order valence-corrected chi connectivity index (χ3v) is 5.92. The average Bonchev–Trinajstić information content (AvgIpc) is 3.10. The Hall–Kier alpha value is -0.740. The summed E-state index contributed by atoms with van der Waals surface area (Å²) >= 11 is 2.12. The van der Waals surface area contributed by atoms with Crippen LogP contribution in [0, 0.1) is 5.92 Å². The summed E-state index contributed by atoms with van der Waals surface area (Å²) < 4.78 is 6.54. The zero-order chi connectivity index (χ0) is 12.7. The number of hydrogen-bond donors (Lipinski definition) is 0. The molecule has 2 saturated heterocycles.